The van der Waals surface area contributed by atoms with E-state index >= 15 is 0 Å². The van der Waals surface area contributed by atoms with Crippen molar-refractivity contribution in [2.45, 2.75) is 0 Å². The fourth-order valence-corrected chi connectivity index (χ4v) is 2.96. The summed E-state index contributed by atoms with van der Waals surface area (Å²) in [6, 6.07) is 20.3. The third kappa shape index (κ3) is 1.79. The van der Waals surface area contributed by atoms with Gasteiger partial charge in [-0.15, -0.1) is 0 Å². The normalized spacial score (nSPS) is 10.4. The van der Waals surface area contributed by atoms with Gasteiger partial charge in [0.1, 0.15) is 0 Å². The van der Waals surface area contributed by atoms with Crippen molar-refractivity contribution in [2.24, 2.45) is 0 Å². The van der Waals surface area contributed by atoms with E-state index < -0.39 is 0 Å². The van der Waals surface area contributed by atoms with Crippen molar-refractivity contribution in [3.8, 4) is 11.8 Å². The first kappa shape index (κ1) is 11.3. The van der Waals surface area contributed by atoms with Crippen molar-refractivity contribution in [1.29, 1.82) is 5.26 Å². The molecule has 0 radical (unpaired) electrons. The van der Waals surface area contributed by atoms with Crippen LogP contribution in [-0.4, -0.2) is 4.57 Å². The van der Waals surface area contributed by atoms with Crippen molar-refractivity contribution in [3.63, 3.8) is 0 Å². The molecule has 1 heterocycles. The van der Waals surface area contributed by atoms with Gasteiger partial charge in [0, 0.05) is 11.1 Å². The molecular formula is C15H9IN2. The molecule has 0 spiro atoms. The summed E-state index contributed by atoms with van der Waals surface area (Å²) >= 11 is 2.32. The molecule has 0 N–H and O–H groups in total. The number of fused-ring (bicyclic) bond motifs is 1. The van der Waals surface area contributed by atoms with Crippen LogP contribution in [-0.2, 0) is 0 Å². The van der Waals surface area contributed by atoms with Gasteiger partial charge in [-0.1, -0.05) is 18.2 Å². The van der Waals surface area contributed by atoms with Crippen molar-refractivity contribution >= 4 is 33.5 Å². The lowest BCUT2D eigenvalue weighted by Crippen LogP contribution is -1.95. The number of halogens is 1. The number of benzene rings is 2. The molecule has 3 heteroatoms. The highest BCUT2D eigenvalue weighted by molar-refractivity contribution is 14.1. The summed E-state index contributed by atoms with van der Waals surface area (Å²) in [7, 11) is 0. The van der Waals surface area contributed by atoms with Gasteiger partial charge in [0.05, 0.1) is 20.9 Å². The lowest BCUT2D eigenvalue weighted by Gasteiger charge is -2.06. The number of para-hydroxylation sites is 1. The Morgan fingerprint density at radius 3 is 2.50 bits per heavy atom. The standard InChI is InChI=1S/C15H9IN2/c16-15-9-12-8-11(10-17)6-7-14(12)18(15)13-4-2-1-3-5-13/h1-9H. The lowest BCUT2D eigenvalue weighted by atomic mass is 10.2. The second kappa shape index (κ2) is 4.46. The van der Waals surface area contributed by atoms with Crippen LogP contribution in [0.2, 0.25) is 0 Å². The van der Waals surface area contributed by atoms with E-state index in [1.54, 1.807) is 0 Å². The first-order valence-electron chi connectivity index (χ1n) is 5.56. The molecule has 1 aromatic heterocycles. The van der Waals surface area contributed by atoms with Crippen LogP contribution in [0.5, 0.6) is 0 Å². The molecule has 2 aromatic carbocycles. The van der Waals surface area contributed by atoms with Crippen LogP contribution < -0.4 is 0 Å². The molecule has 0 aliphatic carbocycles. The minimum Gasteiger partial charge on any atom is -0.304 e. The molecule has 3 rings (SSSR count). The highest BCUT2D eigenvalue weighted by atomic mass is 127. The molecular weight excluding hydrogens is 335 g/mol. The van der Waals surface area contributed by atoms with Crippen molar-refractivity contribution in [1.82, 2.24) is 4.57 Å². The predicted octanol–water partition coefficient (Wildman–Crippen LogP) is 4.11. The Morgan fingerprint density at radius 1 is 1.00 bits per heavy atom. The second-order valence-electron chi connectivity index (χ2n) is 4.02. The molecule has 0 saturated carbocycles. The Hall–Kier alpha value is -1.80. The van der Waals surface area contributed by atoms with Crippen LogP contribution in [0, 0.1) is 15.0 Å². The minimum absolute atomic E-state index is 0.698. The Morgan fingerprint density at radius 2 is 1.78 bits per heavy atom. The van der Waals surface area contributed by atoms with Gasteiger partial charge in [-0.3, -0.25) is 0 Å². The third-order valence-electron chi connectivity index (χ3n) is 2.90. The van der Waals surface area contributed by atoms with E-state index in [2.05, 4.69) is 51.4 Å². The van der Waals surface area contributed by atoms with Gasteiger partial charge in [-0.05, 0) is 59.0 Å². The molecule has 0 aliphatic rings. The largest absolute Gasteiger partial charge is 0.304 e. The van der Waals surface area contributed by atoms with Gasteiger partial charge in [0.2, 0.25) is 0 Å². The molecule has 3 aromatic rings. The number of nitrogens with zero attached hydrogens (tertiary/aromatic N) is 2. The average molecular weight is 344 g/mol. The van der Waals surface area contributed by atoms with Crippen LogP contribution >= 0.6 is 22.6 Å². The maximum atomic E-state index is 8.93. The van der Waals surface area contributed by atoms with E-state index in [9.17, 15) is 0 Å². The van der Waals surface area contributed by atoms with Crippen molar-refractivity contribution < 1.29 is 0 Å². The van der Waals surface area contributed by atoms with Gasteiger partial charge in [-0.2, -0.15) is 5.26 Å². The quantitative estimate of drug-likeness (QED) is 0.611. The summed E-state index contributed by atoms with van der Waals surface area (Å²) in [5.74, 6) is 0. The summed E-state index contributed by atoms with van der Waals surface area (Å²) in [6.07, 6.45) is 0. The van der Waals surface area contributed by atoms with Crippen LogP contribution in [0.4, 0.5) is 0 Å². The van der Waals surface area contributed by atoms with Crippen LogP contribution in [0.25, 0.3) is 16.6 Å². The number of nitriles is 1. The van der Waals surface area contributed by atoms with Gasteiger partial charge in [-0.25, -0.2) is 0 Å². The molecule has 2 nitrogen and oxygen atoms in total. The fourth-order valence-electron chi connectivity index (χ4n) is 2.09. The Balaban J connectivity index is 2.31. The monoisotopic (exact) mass is 344 g/mol. The topological polar surface area (TPSA) is 28.7 Å². The molecule has 0 bridgehead atoms. The molecule has 86 valence electrons. The SMILES string of the molecule is N#Cc1ccc2c(c1)cc(I)n2-c1ccccc1. The van der Waals surface area contributed by atoms with Gasteiger partial charge >= 0.3 is 0 Å². The molecule has 0 unspecified atom stereocenters. The number of rotatable bonds is 1. The van der Waals surface area contributed by atoms with E-state index in [0.717, 1.165) is 20.3 Å². The smallest absolute Gasteiger partial charge is 0.0991 e. The number of hydrogen-bond acceptors (Lipinski definition) is 1. The molecule has 18 heavy (non-hydrogen) atoms. The zero-order valence-electron chi connectivity index (χ0n) is 9.47. The van der Waals surface area contributed by atoms with E-state index in [1.807, 2.05) is 36.4 Å². The summed E-state index contributed by atoms with van der Waals surface area (Å²) in [4.78, 5) is 0. The van der Waals surface area contributed by atoms with Crippen molar-refractivity contribution in [3.05, 3.63) is 63.9 Å². The van der Waals surface area contributed by atoms with Crippen LogP contribution in [0.3, 0.4) is 0 Å². The predicted molar refractivity (Wildman–Crippen MR) is 80.7 cm³/mol. The number of aromatic nitrogens is 1. The first-order valence-corrected chi connectivity index (χ1v) is 6.64. The zero-order valence-corrected chi connectivity index (χ0v) is 11.6. The Bertz CT molecular complexity index is 751. The lowest BCUT2D eigenvalue weighted by molar-refractivity contribution is 1.09. The molecule has 0 saturated heterocycles. The molecule has 0 fully saturated rings. The highest BCUT2D eigenvalue weighted by Crippen LogP contribution is 2.26. The molecule has 0 aliphatic heterocycles. The van der Waals surface area contributed by atoms with E-state index in [0.29, 0.717) is 5.56 Å². The molecule has 0 amide bonds. The minimum atomic E-state index is 0.698. The summed E-state index contributed by atoms with van der Waals surface area (Å²) < 4.78 is 3.33. The Kier molecular flexibility index (Phi) is 2.80. The third-order valence-corrected chi connectivity index (χ3v) is 3.69. The van der Waals surface area contributed by atoms with Crippen molar-refractivity contribution in [2.75, 3.05) is 0 Å². The Labute approximate surface area is 119 Å². The first-order chi connectivity index (χ1) is 8.79. The maximum absolute atomic E-state index is 8.93. The second-order valence-corrected chi connectivity index (χ2v) is 5.13. The van der Waals surface area contributed by atoms with Crippen LogP contribution in [0.15, 0.2) is 54.6 Å². The fraction of sp³-hybridized carbons (Fsp3) is 0. The summed E-state index contributed by atoms with van der Waals surface area (Å²) in [6.45, 7) is 0. The van der Waals surface area contributed by atoms with Gasteiger partial charge < -0.3 is 4.57 Å². The number of hydrogen-bond donors (Lipinski definition) is 0. The zero-order chi connectivity index (χ0) is 12.5. The van der Waals surface area contributed by atoms with Crippen LogP contribution in [0.1, 0.15) is 5.56 Å². The van der Waals surface area contributed by atoms with E-state index in [1.165, 1.54) is 0 Å². The molecule has 0 atom stereocenters. The average Bonchev–Trinajstić information content (AvgIpc) is 2.74. The maximum Gasteiger partial charge on any atom is 0.0991 e. The summed E-state index contributed by atoms with van der Waals surface area (Å²) in [5.41, 5.74) is 2.97. The highest BCUT2D eigenvalue weighted by Gasteiger charge is 2.08. The van der Waals surface area contributed by atoms with Gasteiger partial charge in [0.25, 0.3) is 0 Å². The summed E-state index contributed by atoms with van der Waals surface area (Å²) in [5, 5.41) is 10.0. The van der Waals surface area contributed by atoms with E-state index in [4.69, 9.17) is 5.26 Å². The van der Waals surface area contributed by atoms with Gasteiger partial charge in [0.15, 0.2) is 0 Å². The van der Waals surface area contributed by atoms with E-state index in [-0.39, 0.29) is 0 Å².